The summed E-state index contributed by atoms with van der Waals surface area (Å²) in [6.45, 7) is 0.780. The summed E-state index contributed by atoms with van der Waals surface area (Å²) in [5.41, 5.74) is 0.735. The van der Waals surface area contributed by atoms with Crippen molar-refractivity contribution in [2.75, 3.05) is 13.7 Å². The summed E-state index contributed by atoms with van der Waals surface area (Å²) in [5.74, 6) is 1.03. The predicted molar refractivity (Wildman–Crippen MR) is 75.9 cm³/mol. The van der Waals surface area contributed by atoms with E-state index in [0.717, 1.165) is 18.5 Å². The molecule has 1 saturated heterocycles. The Kier molecular flexibility index (Phi) is 3.94. The number of hydrogen-bond acceptors (Lipinski definition) is 5. The molecular formula is C13H13Cl2N3O2. The Hall–Kier alpha value is -1.14. The lowest BCUT2D eigenvalue weighted by Crippen LogP contribution is -2.16. The lowest BCUT2D eigenvalue weighted by molar-refractivity contribution is 0.116. The van der Waals surface area contributed by atoms with Gasteiger partial charge >= 0.3 is 0 Å². The van der Waals surface area contributed by atoms with Crippen molar-refractivity contribution in [2.24, 2.45) is 0 Å². The van der Waals surface area contributed by atoms with Gasteiger partial charge in [-0.25, -0.2) is 0 Å². The molecule has 0 aliphatic carbocycles. The van der Waals surface area contributed by atoms with Crippen molar-refractivity contribution in [3.8, 4) is 11.4 Å². The van der Waals surface area contributed by atoms with E-state index in [2.05, 4.69) is 15.5 Å². The Morgan fingerprint density at radius 3 is 2.70 bits per heavy atom. The van der Waals surface area contributed by atoms with Gasteiger partial charge in [-0.15, -0.1) is 0 Å². The molecule has 0 spiro atoms. The van der Waals surface area contributed by atoms with Crippen LogP contribution in [0.2, 0.25) is 10.0 Å². The van der Waals surface area contributed by atoms with Crippen molar-refractivity contribution >= 4 is 23.2 Å². The minimum Gasteiger partial charge on any atom is -0.380 e. The normalized spacial score (nSPS) is 22.4. The van der Waals surface area contributed by atoms with Gasteiger partial charge in [0.05, 0.1) is 12.1 Å². The largest absolute Gasteiger partial charge is 0.380 e. The number of rotatable bonds is 3. The molecule has 0 amide bonds. The molecule has 106 valence electrons. The smallest absolute Gasteiger partial charge is 0.244 e. The van der Waals surface area contributed by atoms with E-state index in [9.17, 15) is 0 Å². The second-order valence-corrected chi connectivity index (χ2v) is 5.54. The SMILES string of the molecule is COC1CNC(c2nc(-c3cc(Cl)cc(Cl)c3)no2)C1. The van der Waals surface area contributed by atoms with Gasteiger partial charge in [-0.2, -0.15) is 4.98 Å². The number of benzene rings is 1. The highest BCUT2D eigenvalue weighted by atomic mass is 35.5. The van der Waals surface area contributed by atoms with Crippen LogP contribution < -0.4 is 5.32 Å². The third-order valence-electron chi connectivity index (χ3n) is 3.28. The van der Waals surface area contributed by atoms with Gasteiger partial charge in [0.25, 0.3) is 0 Å². The fourth-order valence-electron chi connectivity index (χ4n) is 2.25. The number of aromatic nitrogens is 2. The van der Waals surface area contributed by atoms with Crippen LogP contribution in [0.3, 0.4) is 0 Å². The Bertz CT molecular complexity index is 597. The number of methoxy groups -OCH3 is 1. The molecule has 0 bridgehead atoms. The highest BCUT2D eigenvalue weighted by Crippen LogP contribution is 2.28. The van der Waals surface area contributed by atoms with Gasteiger partial charge in [0.2, 0.25) is 11.7 Å². The van der Waals surface area contributed by atoms with E-state index >= 15 is 0 Å². The summed E-state index contributed by atoms with van der Waals surface area (Å²) in [7, 11) is 1.70. The summed E-state index contributed by atoms with van der Waals surface area (Å²) in [4.78, 5) is 4.40. The van der Waals surface area contributed by atoms with Crippen LogP contribution in [0.15, 0.2) is 22.7 Å². The lowest BCUT2D eigenvalue weighted by atomic mass is 10.2. The maximum atomic E-state index is 5.97. The zero-order valence-corrected chi connectivity index (χ0v) is 12.3. The first-order valence-electron chi connectivity index (χ1n) is 6.22. The van der Waals surface area contributed by atoms with Crippen molar-refractivity contribution in [1.82, 2.24) is 15.5 Å². The molecular weight excluding hydrogens is 301 g/mol. The Labute approximate surface area is 126 Å². The molecule has 2 heterocycles. The molecule has 1 aromatic heterocycles. The molecule has 2 atom stereocenters. The number of halogens is 2. The molecule has 1 aliphatic rings. The quantitative estimate of drug-likeness (QED) is 0.943. The fraction of sp³-hybridized carbons (Fsp3) is 0.385. The van der Waals surface area contributed by atoms with E-state index in [0.29, 0.717) is 21.8 Å². The summed E-state index contributed by atoms with van der Waals surface area (Å²) < 4.78 is 10.6. The second-order valence-electron chi connectivity index (χ2n) is 4.67. The van der Waals surface area contributed by atoms with Gasteiger partial charge in [-0.3, -0.25) is 0 Å². The average molecular weight is 314 g/mol. The van der Waals surface area contributed by atoms with Crippen molar-refractivity contribution < 1.29 is 9.26 Å². The molecule has 3 rings (SSSR count). The molecule has 7 heteroatoms. The standard InChI is InChI=1S/C13H13Cl2N3O2/c1-19-10-5-11(16-6-10)13-17-12(18-20-13)7-2-8(14)4-9(15)3-7/h2-4,10-11,16H,5-6H2,1H3. The first kappa shape index (κ1) is 13.8. The highest BCUT2D eigenvalue weighted by molar-refractivity contribution is 6.35. The van der Waals surface area contributed by atoms with Crippen molar-refractivity contribution in [2.45, 2.75) is 18.6 Å². The Balaban J connectivity index is 1.83. The van der Waals surface area contributed by atoms with E-state index < -0.39 is 0 Å². The Morgan fingerprint density at radius 2 is 2.05 bits per heavy atom. The molecule has 20 heavy (non-hydrogen) atoms. The first-order chi connectivity index (χ1) is 9.65. The zero-order valence-electron chi connectivity index (χ0n) is 10.8. The van der Waals surface area contributed by atoms with Crippen LogP contribution in [-0.2, 0) is 4.74 Å². The van der Waals surface area contributed by atoms with Gasteiger partial charge < -0.3 is 14.6 Å². The van der Waals surface area contributed by atoms with Gasteiger partial charge in [-0.05, 0) is 24.6 Å². The number of ether oxygens (including phenoxy) is 1. The second kappa shape index (κ2) is 5.69. The molecule has 1 fully saturated rings. The lowest BCUT2D eigenvalue weighted by Gasteiger charge is -2.04. The minimum absolute atomic E-state index is 0.0239. The molecule has 0 radical (unpaired) electrons. The van der Waals surface area contributed by atoms with Gasteiger partial charge in [-0.1, -0.05) is 28.4 Å². The van der Waals surface area contributed by atoms with Crippen molar-refractivity contribution in [1.29, 1.82) is 0 Å². The van der Waals surface area contributed by atoms with Gasteiger partial charge in [0.15, 0.2) is 0 Å². The van der Waals surface area contributed by atoms with Crippen molar-refractivity contribution in [3.05, 3.63) is 34.1 Å². The predicted octanol–water partition coefficient (Wildman–Crippen LogP) is 3.09. The van der Waals surface area contributed by atoms with Crippen LogP contribution in [-0.4, -0.2) is 29.9 Å². The fourth-order valence-corrected chi connectivity index (χ4v) is 2.77. The van der Waals surface area contributed by atoms with Gasteiger partial charge in [0.1, 0.15) is 0 Å². The topological polar surface area (TPSA) is 60.2 Å². The molecule has 1 aromatic carbocycles. The summed E-state index contributed by atoms with van der Waals surface area (Å²) in [6, 6.07) is 5.19. The average Bonchev–Trinajstić information content (AvgIpc) is 3.06. The first-order valence-corrected chi connectivity index (χ1v) is 6.97. The third kappa shape index (κ3) is 2.81. The van der Waals surface area contributed by atoms with Crippen LogP contribution in [0.5, 0.6) is 0 Å². The molecule has 1 aliphatic heterocycles. The van der Waals surface area contributed by atoms with Crippen LogP contribution in [0.25, 0.3) is 11.4 Å². The molecule has 2 unspecified atom stereocenters. The van der Waals surface area contributed by atoms with Crippen LogP contribution in [0.4, 0.5) is 0 Å². The van der Waals surface area contributed by atoms with Crippen LogP contribution >= 0.6 is 23.2 Å². The molecule has 1 N–H and O–H groups in total. The van der Waals surface area contributed by atoms with E-state index in [1.54, 1.807) is 25.3 Å². The van der Waals surface area contributed by atoms with Crippen LogP contribution in [0.1, 0.15) is 18.4 Å². The zero-order chi connectivity index (χ0) is 14.1. The molecule has 5 nitrogen and oxygen atoms in total. The highest BCUT2D eigenvalue weighted by Gasteiger charge is 2.29. The Morgan fingerprint density at radius 1 is 1.30 bits per heavy atom. The molecule has 0 saturated carbocycles. The summed E-state index contributed by atoms with van der Waals surface area (Å²) in [5, 5.41) is 8.35. The maximum Gasteiger partial charge on any atom is 0.244 e. The van der Waals surface area contributed by atoms with Crippen LogP contribution in [0, 0.1) is 0 Å². The van der Waals surface area contributed by atoms with Gasteiger partial charge in [0, 0.05) is 29.3 Å². The number of nitrogens with one attached hydrogen (secondary N) is 1. The minimum atomic E-state index is 0.0239. The van der Waals surface area contributed by atoms with E-state index in [1.807, 2.05) is 0 Å². The van der Waals surface area contributed by atoms with E-state index in [-0.39, 0.29) is 12.1 Å². The number of hydrogen-bond donors (Lipinski definition) is 1. The summed E-state index contributed by atoms with van der Waals surface area (Å²) in [6.07, 6.45) is 0.991. The summed E-state index contributed by atoms with van der Waals surface area (Å²) >= 11 is 11.9. The maximum absolute atomic E-state index is 5.97. The van der Waals surface area contributed by atoms with E-state index in [4.69, 9.17) is 32.5 Å². The van der Waals surface area contributed by atoms with E-state index in [1.165, 1.54) is 0 Å². The van der Waals surface area contributed by atoms with Crippen molar-refractivity contribution in [3.63, 3.8) is 0 Å². The third-order valence-corrected chi connectivity index (χ3v) is 3.72. The molecule has 2 aromatic rings. The monoisotopic (exact) mass is 313 g/mol. The number of nitrogens with zero attached hydrogens (tertiary/aromatic N) is 2.